The molecule has 28 heavy (non-hydrogen) atoms. The Bertz CT molecular complexity index is 739. The molecule has 13 heteroatoms. The molecule has 0 radical (unpaired) electrons. The molecule has 0 spiro atoms. The summed E-state index contributed by atoms with van der Waals surface area (Å²) in [6.45, 7) is 0.255. The molecular weight excluding hydrogens is 424 g/mol. The van der Waals surface area contributed by atoms with Crippen molar-refractivity contribution < 1.29 is 57.8 Å². The summed E-state index contributed by atoms with van der Waals surface area (Å²) in [6.07, 6.45) is -7.80. The topological polar surface area (TPSA) is 20.2 Å². The molecule has 1 nitrogen and oxygen atoms in total. The number of rotatable bonds is 3. The van der Waals surface area contributed by atoms with E-state index in [9.17, 15) is 57.8 Å². The summed E-state index contributed by atoms with van der Waals surface area (Å²) in [4.78, 5) is 0. The van der Waals surface area contributed by atoms with Crippen LogP contribution in [0.3, 0.4) is 0 Å². The maximum Gasteiger partial charge on any atom is 0.416 e. The largest absolute Gasteiger partial charge is 0.416 e. The number of benzene rings is 1. The average molecular weight is 434 g/mol. The quantitative estimate of drug-likeness (QED) is 0.618. The first-order valence-electron chi connectivity index (χ1n) is 7.27. The summed E-state index contributed by atoms with van der Waals surface area (Å²) in [6, 6.07) is 1.64. The third-order valence-electron chi connectivity index (χ3n) is 4.58. The first-order chi connectivity index (χ1) is 12.2. The molecule has 1 atom stereocenters. The van der Waals surface area contributed by atoms with E-state index in [0.29, 0.717) is 18.2 Å². The summed E-state index contributed by atoms with van der Waals surface area (Å²) in [5.41, 5.74) is -12.0. The van der Waals surface area contributed by atoms with E-state index in [0.717, 1.165) is 0 Å². The molecule has 2 rings (SSSR count). The highest BCUT2D eigenvalue weighted by molar-refractivity contribution is 5.33. The Kier molecular flexibility index (Phi) is 4.60. The van der Waals surface area contributed by atoms with E-state index in [2.05, 4.69) is 0 Å². The fourth-order valence-corrected chi connectivity index (χ4v) is 2.92. The van der Waals surface area contributed by atoms with Crippen molar-refractivity contribution in [3.8, 4) is 0 Å². The van der Waals surface area contributed by atoms with Crippen LogP contribution in [-0.4, -0.2) is 34.5 Å². The van der Waals surface area contributed by atoms with Gasteiger partial charge < -0.3 is 5.11 Å². The lowest BCUT2D eigenvalue weighted by Gasteiger charge is -2.37. The number of hydrogen-bond donors (Lipinski definition) is 1. The van der Waals surface area contributed by atoms with Gasteiger partial charge in [0.2, 0.25) is 0 Å². The van der Waals surface area contributed by atoms with Crippen LogP contribution in [0.5, 0.6) is 0 Å². The molecule has 0 heterocycles. The van der Waals surface area contributed by atoms with Crippen LogP contribution in [0.15, 0.2) is 24.3 Å². The van der Waals surface area contributed by atoms with Crippen molar-refractivity contribution in [1.82, 2.24) is 0 Å². The first-order valence-corrected chi connectivity index (χ1v) is 7.27. The summed E-state index contributed by atoms with van der Waals surface area (Å²) in [5.74, 6) is -27.0. The number of alkyl halides is 12. The minimum atomic E-state index is -6.83. The highest BCUT2D eigenvalue weighted by atomic mass is 19.4. The summed E-state index contributed by atoms with van der Waals surface area (Å²) in [7, 11) is 0. The zero-order valence-electron chi connectivity index (χ0n) is 13.5. The third kappa shape index (κ3) is 2.61. The molecule has 1 aliphatic carbocycles. The molecule has 1 aliphatic rings. The third-order valence-corrected chi connectivity index (χ3v) is 4.58. The summed E-state index contributed by atoms with van der Waals surface area (Å²) in [5, 5.41) is 10.0. The van der Waals surface area contributed by atoms with Gasteiger partial charge >= 0.3 is 29.9 Å². The summed E-state index contributed by atoms with van der Waals surface area (Å²) < 4.78 is 160. The van der Waals surface area contributed by atoms with Crippen LogP contribution in [0.1, 0.15) is 24.5 Å². The van der Waals surface area contributed by atoms with Gasteiger partial charge in [-0.2, -0.15) is 48.3 Å². The maximum atomic E-state index is 14.5. The molecule has 0 aliphatic heterocycles. The van der Waals surface area contributed by atoms with Gasteiger partial charge in [0.15, 0.2) is 0 Å². The Morgan fingerprint density at radius 1 is 0.750 bits per heavy atom. The minimum Gasteiger partial charge on any atom is -0.385 e. The Morgan fingerprint density at radius 3 is 1.54 bits per heavy atom. The van der Waals surface area contributed by atoms with Gasteiger partial charge in [-0.25, -0.2) is 4.39 Å². The van der Waals surface area contributed by atoms with Crippen molar-refractivity contribution in [1.29, 1.82) is 0 Å². The van der Waals surface area contributed by atoms with Crippen molar-refractivity contribution in [2.75, 3.05) is 0 Å². The molecular formula is C15H10F12O. The van der Waals surface area contributed by atoms with Crippen LogP contribution < -0.4 is 0 Å². The molecule has 0 bridgehead atoms. The smallest absolute Gasteiger partial charge is 0.385 e. The molecule has 0 aromatic heterocycles. The molecule has 160 valence electrons. The Labute approximate surface area is 148 Å². The van der Waals surface area contributed by atoms with Gasteiger partial charge in [0.1, 0.15) is 0 Å². The Morgan fingerprint density at radius 2 is 1.14 bits per heavy atom. The number of halogens is 12. The number of hydrogen-bond acceptors (Lipinski definition) is 1. The van der Waals surface area contributed by atoms with Crippen LogP contribution in [0.25, 0.3) is 0 Å². The van der Waals surface area contributed by atoms with E-state index in [1.807, 2.05) is 0 Å². The molecule has 1 N–H and O–H groups in total. The van der Waals surface area contributed by atoms with Crippen LogP contribution in [0.4, 0.5) is 52.7 Å². The van der Waals surface area contributed by atoms with Crippen LogP contribution in [0, 0.1) is 0 Å². The van der Waals surface area contributed by atoms with Crippen molar-refractivity contribution >= 4 is 0 Å². The van der Waals surface area contributed by atoms with E-state index in [4.69, 9.17) is 0 Å². The van der Waals surface area contributed by atoms with Gasteiger partial charge in [-0.15, -0.1) is 0 Å². The highest BCUT2D eigenvalue weighted by Crippen LogP contribution is 2.70. The zero-order chi connectivity index (χ0) is 22.2. The Balaban J connectivity index is 2.59. The standard InChI is InChI=1S/C15H10F12O/c1-9(28,7-3-2-4-8(5-7)11(17,18)19)6-10(16)12(20,21)14(24,25)15(26,27)13(10,22)23/h2-5,28H,6H2,1H3. The zero-order valence-corrected chi connectivity index (χ0v) is 13.5. The minimum absolute atomic E-state index is 0.0604. The predicted molar refractivity (Wildman–Crippen MR) is 69.3 cm³/mol. The van der Waals surface area contributed by atoms with E-state index >= 15 is 0 Å². The van der Waals surface area contributed by atoms with Gasteiger partial charge in [0.25, 0.3) is 5.67 Å². The molecule has 1 fully saturated rings. The van der Waals surface area contributed by atoms with Crippen LogP contribution in [-0.2, 0) is 11.8 Å². The summed E-state index contributed by atoms with van der Waals surface area (Å²) >= 11 is 0. The van der Waals surface area contributed by atoms with E-state index < -0.39 is 58.7 Å². The second-order valence-corrected chi connectivity index (χ2v) is 6.63. The second kappa shape index (κ2) is 5.70. The second-order valence-electron chi connectivity index (χ2n) is 6.63. The molecule has 1 aromatic carbocycles. The fraction of sp³-hybridized carbons (Fsp3) is 0.600. The first kappa shape index (κ1) is 22.6. The molecule has 0 amide bonds. The van der Waals surface area contributed by atoms with Crippen LogP contribution in [0.2, 0.25) is 0 Å². The van der Waals surface area contributed by atoms with Crippen molar-refractivity contribution in [3.63, 3.8) is 0 Å². The molecule has 0 saturated heterocycles. The van der Waals surface area contributed by atoms with Crippen LogP contribution >= 0.6 is 0 Å². The normalized spacial score (nSPS) is 26.6. The van der Waals surface area contributed by atoms with E-state index in [-0.39, 0.29) is 13.0 Å². The highest BCUT2D eigenvalue weighted by Gasteiger charge is 3.00. The fourth-order valence-electron chi connectivity index (χ4n) is 2.92. The lowest BCUT2D eigenvalue weighted by Crippen LogP contribution is -2.57. The molecule has 1 unspecified atom stereocenters. The Hall–Kier alpha value is -1.66. The SMILES string of the molecule is CC(O)(CC1(F)C(F)(F)C(F)(F)C(F)(F)C1(F)F)c1cccc(C(F)(F)F)c1. The van der Waals surface area contributed by atoms with Gasteiger partial charge in [-0.05, 0) is 24.6 Å². The molecule has 1 saturated carbocycles. The van der Waals surface area contributed by atoms with Gasteiger partial charge in [-0.1, -0.05) is 12.1 Å². The lowest BCUT2D eigenvalue weighted by atomic mass is 9.80. The predicted octanol–water partition coefficient (Wildman–Crippen LogP) is 5.57. The van der Waals surface area contributed by atoms with Gasteiger partial charge in [0, 0.05) is 6.42 Å². The van der Waals surface area contributed by atoms with Crippen molar-refractivity contribution in [2.45, 2.75) is 54.5 Å². The molecule has 1 aromatic rings. The van der Waals surface area contributed by atoms with E-state index in [1.54, 1.807) is 0 Å². The van der Waals surface area contributed by atoms with Gasteiger partial charge in [-0.3, -0.25) is 0 Å². The van der Waals surface area contributed by atoms with E-state index in [1.165, 1.54) is 0 Å². The lowest BCUT2D eigenvalue weighted by molar-refractivity contribution is -0.303. The average Bonchev–Trinajstić information content (AvgIpc) is 2.56. The van der Waals surface area contributed by atoms with Gasteiger partial charge in [0.05, 0.1) is 11.2 Å². The monoisotopic (exact) mass is 434 g/mol. The maximum absolute atomic E-state index is 14.5. The number of aliphatic hydroxyl groups is 1. The van der Waals surface area contributed by atoms with Crippen molar-refractivity contribution in [3.05, 3.63) is 35.4 Å². The van der Waals surface area contributed by atoms with Crippen molar-refractivity contribution in [2.24, 2.45) is 0 Å².